The molecule has 0 radical (unpaired) electrons. The molecule has 3 atom stereocenters. The average Bonchev–Trinajstić information content (AvgIpc) is 2.01. The molecule has 1 heterocycles. The van der Waals surface area contributed by atoms with Crippen LogP contribution in [0, 0.1) is 5.92 Å². The predicted octanol–water partition coefficient (Wildman–Crippen LogP) is 0.933. The molecule has 13 heavy (non-hydrogen) atoms. The van der Waals surface area contributed by atoms with Gasteiger partial charge >= 0.3 is 0 Å². The Morgan fingerprint density at radius 3 is 2.46 bits per heavy atom. The van der Waals surface area contributed by atoms with E-state index in [1.165, 1.54) is 0 Å². The third-order valence-corrected chi connectivity index (χ3v) is 2.71. The maximum absolute atomic E-state index is 9.72. The first-order valence-corrected chi connectivity index (χ1v) is 4.97. The fourth-order valence-corrected chi connectivity index (χ4v) is 1.84. The van der Waals surface area contributed by atoms with E-state index in [2.05, 4.69) is 6.92 Å². The quantitative estimate of drug-likeness (QED) is 0.678. The Hall–Kier alpha value is -0.120. The molecule has 3 heteroatoms. The summed E-state index contributed by atoms with van der Waals surface area (Å²) in [6.45, 7) is 6.09. The minimum Gasteiger partial charge on any atom is -0.390 e. The summed E-state index contributed by atoms with van der Waals surface area (Å²) in [5.74, 6) is 0.439. The van der Waals surface area contributed by atoms with Crippen molar-refractivity contribution in [3.8, 4) is 0 Å². The molecule has 1 rings (SSSR count). The van der Waals surface area contributed by atoms with E-state index in [0.29, 0.717) is 12.5 Å². The molecule has 1 aliphatic heterocycles. The summed E-state index contributed by atoms with van der Waals surface area (Å²) in [6.07, 6.45) is 0.801. The second kappa shape index (κ2) is 3.95. The van der Waals surface area contributed by atoms with Crippen LogP contribution in [-0.4, -0.2) is 34.6 Å². The van der Waals surface area contributed by atoms with Crippen molar-refractivity contribution in [2.24, 2.45) is 5.92 Å². The van der Waals surface area contributed by atoms with Crippen LogP contribution in [0.15, 0.2) is 0 Å². The smallest absolute Gasteiger partial charge is 0.111 e. The van der Waals surface area contributed by atoms with Crippen molar-refractivity contribution in [1.82, 2.24) is 0 Å². The molecule has 3 nitrogen and oxygen atoms in total. The summed E-state index contributed by atoms with van der Waals surface area (Å²) < 4.78 is 5.46. The van der Waals surface area contributed by atoms with Gasteiger partial charge in [0.05, 0.1) is 18.3 Å². The SMILES string of the molecule is CCC1COC(C(C)(C)O)C(O)C1. The van der Waals surface area contributed by atoms with Crippen LogP contribution in [0.2, 0.25) is 0 Å². The van der Waals surface area contributed by atoms with Gasteiger partial charge in [0.25, 0.3) is 0 Å². The van der Waals surface area contributed by atoms with Crippen LogP contribution in [0.3, 0.4) is 0 Å². The second-order valence-corrected chi connectivity index (χ2v) is 4.48. The summed E-state index contributed by atoms with van der Waals surface area (Å²) in [5.41, 5.74) is -0.946. The van der Waals surface area contributed by atoms with E-state index in [-0.39, 0.29) is 0 Å². The van der Waals surface area contributed by atoms with Crippen molar-refractivity contribution >= 4 is 0 Å². The molecule has 3 unspecified atom stereocenters. The first-order chi connectivity index (χ1) is 5.95. The lowest BCUT2D eigenvalue weighted by Gasteiger charge is -2.39. The van der Waals surface area contributed by atoms with Crippen molar-refractivity contribution in [2.45, 2.75) is 51.4 Å². The summed E-state index contributed by atoms with van der Waals surface area (Å²) in [4.78, 5) is 0. The van der Waals surface area contributed by atoms with Gasteiger partial charge in [-0.1, -0.05) is 13.3 Å². The minimum atomic E-state index is -0.946. The fourth-order valence-electron chi connectivity index (χ4n) is 1.84. The molecule has 0 aliphatic carbocycles. The normalized spacial score (nSPS) is 36.2. The molecule has 0 saturated carbocycles. The molecular formula is C10H20O3. The summed E-state index contributed by atoms with van der Waals surface area (Å²) >= 11 is 0. The molecule has 1 aliphatic rings. The number of hydrogen-bond acceptors (Lipinski definition) is 3. The van der Waals surface area contributed by atoms with Gasteiger partial charge in [0.1, 0.15) is 6.10 Å². The molecular weight excluding hydrogens is 168 g/mol. The number of rotatable bonds is 2. The third kappa shape index (κ3) is 2.66. The van der Waals surface area contributed by atoms with Crippen molar-refractivity contribution in [1.29, 1.82) is 0 Å². The third-order valence-electron chi connectivity index (χ3n) is 2.71. The van der Waals surface area contributed by atoms with E-state index >= 15 is 0 Å². The molecule has 1 saturated heterocycles. The van der Waals surface area contributed by atoms with E-state index in [4.69, 9.17) is 4.74 Å². The topological polar surface area (TPSA) is 49.7 Å². The highest BCUT2D eigenvalue weighted by Gasteiger charge is 2.38. The lowest BCUT2D eigenvalue weighted by molar-refractivity contribution is -0.175. The van der Waals surface area contributed by atoms with Gasteiger partial charge in [-0.05, 0) is 26.2 Å². The zero-order valence-corrected chi connectivity index (χ0v) is 8.66. The van der Waals surface area contributed by atoms with Crippen molar-refractivity contribution in [2.75, 3.05) is 6.61 Å². The highest BCUT2D eigenvalue weighted by atomic mass is 16.5. The molecule has 0 amide bonds. The summed E-state index contributed by atoms with van der Waals surface area (Å²) in [7, 11) is 0. The van der Waals surface area contributed by atoms with Gasteiger partial charge in [-0.15, -0.1) is 0 Å². The van der Waals surface area contributed by atoms with E-state index in [9.17, 15) is 10.2 Å². The van der Waals surface area contributed by atoms with Gasteiger partial charge in [-0.3, -0.25) is 0 Å². The highest BCUT2D eigenvalue weighted by Crippen LogP contribution is 2.27. The standard InChI is InChI=1S/C10H20O3/c1-4-7-5-8(11)9(13-6-7)10(2,3)12/h7-9,11-12H,4-6H2,1-3H3. The number of hydrogen-bond donors (Lipinski definition) is 2. The van der Waals surface area contributed by atoms with Crippen LogP contribution < -0.4 is 0 Å². The Balaban J connectivity index is 2.53. The van der Waals surface area contributed by atoms with Gasteiger partial charge in [0.15, 0.2) is 0 Å². The lowest BCUT2D eigenvalue weighted by atomic mass is 9.87. The molecule has 1 fully saturated rings. The maximum atomic E-state index is 9.72. The molecule has 2 N–H and O–H groups in total. The highest BCUT2D eigenvalue weighted by molar-refractivity contribution is 4.88. The molecule has 0 aromatic heterocycles. The second-order valence-electron chi connectivity index (χ2n) is 4.48. The van der Waals surface area contributed by atoms with E-state index in [1.807, 2.05) is 0 Å². The molecule has 0 aromatic carbocycles. The zero-order valence-electron chi connectivity index (χ0n) is 8.66. The van der Waals surface area contributed by atoms with Crippen molar-refractivity contribution in [3.63, 3.8) is 0 Å². The maximum Gasteiger partial charge on any atom is 0.111 e. The fraction of sp³-hybridized carbons (Fsp3) is 1.00. The van der Waals surface area contributed by atoms with Crippen molar-refractivity contribution < 1.29 is 14.9 Å². The van der Waals surface area contributed by atoms with Crippen LogP contribution in [0.25, 0.3) is 0 Å². The Kier molecular flexibility index (Phi) is 3.33. The lowest BCUT2D eigenvalue weighted by Crippen LogP contribution is -2.50. The van der Waals surface area contributed by atoms with E-state index in [1.54, 1.807) is 13.8 Å². The monoisotopic (exact) mass is 188 g/mol. The summed E-state index contributed by atoms with van der Waals surface area (Å²) in [5, 5.41) is 19.4. The first kappa shape index (κ1) is 11.0. The van der Waals surface area contributed by atoms with Crippen LogP contribution >= 0.6 is 0 Å². The number of aliphatic hydroxyl groups is 2. The Labute approximate surface area is 79.7 Å². The molecule has 0 bridgehead atoms. The molecule has 78 valence electrons. The Bertz CT molecular complexity index is 162. The average molecular weight is 188 g/mol. The largest absolute Gasteiger partial charge is 0.390 e. The van der Waals surface area contributed by atoms with E-state index in [0.717, 1.165) is 12.8 Å². The van der Waals surface area contributed by atoms with E-state index < -0.39 is 17.8 Å². The minimum absolute atomic E-state index is 0.435. The zero-order chi connectivity index (χ0) is 10.1. The molecule has 0 spiro atoms. The van der Waals surface area contributed by atoms with Crippen LogP contribution in [0.4, 0.5) is 0 Å². The molecule has 0 aromatic rings. The van der Waals surface area contributed by atoms with Gasteiger partial charge in [-0.2, -0.15) is 0 Å². The van der Waals surface area contributed by atoms with Gasteiger partial charge in [0, 0.05) is 0 Å². The van der Waals surface area contributed by atoms with Crippen LogP contribution in [-0.2, 0) is 4.74 Å². The number of aliphatic hydroxyl groups excluding tert-OH is 1. The Morgan fingerprint density at radius 1 is 1.46 bits per heavy atom. The predicted molar refractivity (Wildman–Crippen MR) is 50.4 cm³/mol. The van der Waals surface area contributed by atoms with Crippen molar-refractivity contribution in [3.05, 3.63) is 0 Å². The van der Waals surface area contributed by atoms with Crippen LogP contribution in [0.5, 0.6) is 0 Å². The Morgan fingerprint density at radius 2 is 2.08 bits per heavy atom. The first-order valence-electron chi connectivity index (χ1n) is 4.97. The van der Waals surface area contributed by atoms with Gasteiger partial charge in [0.2, 0.25) is 0 Å². The summed E-state index contributed by atoms with van der Waals surface area (Å²) in [6, 6.07) is 0. The van der Waals surface area contributed by atoms with Gasteiger partial charge < -0.3 is 14.9 Å². The van der Waals surface area contributed by atoms with Crippen LogP contribution in [0.1, 0.15) is 33.6 Å². The number of ether oxygens (including phenoxy) is 1. The van der Waals surface area contributed by atoms with Gasteiger partial charge in [-0.25, -0.2) is 0 Å².